The lowest BCUT2D eigenvalue weighted by Crippen LogP contribution is -2.27. The number of carbonyl (C=O) groups is 2. The minimum absolute atomic E-state index is 0.181. The molecule has 0 heterocycles. The van der Waals surface area contributed by atoms with E-state index in [1.165, 1.54) is 6.07 Å². The first-order valence-corrected chi connectivity index (χ1v) is 8.88. The van der Waals surface area contributed by atoms with Crippen molar-refractivity contribution in [3.63, 3.8) is 0 Å². The number of halogens is 1. The Balaban J connectivity index is 1.97. The van der Waals surface area contributed by atoms with Crippen molar-refractivity contribution < 1.29 is 23.8 Å². The van der Waals surface area contributed by atoms with Gasteiger partial charge in [0.2, 0.25) is 0 Å². The van der Waals surface area contributed by atoms with Crippen LogP contribution in [0.3, 0.4) is 0 Å². The average Bonchev–Trinajstić information content (AvgIpc) is 2.57. The minimum atomic E-state index is -0.579. The smallest absolute Gasteiger partial charge is 0.344 e. The monoisotopic (exact) mass is 420 g/mol. The summed E-state index contributed by atoms with van der Waals surface area (Å²) in [5.74, 6) is -0.583. The highest BCUT2D eigenvalue weighted by atomic mass is 79.9. The second-order valence-electron chi connectivity index (χ2n) is 6.61. The maximum atomic E-state index is 12.3. The van der Waals surface area contributed by atoms with Gasteiger partial charge < -0.3 is 14.2 Å². The van der Waals surface area contributed by atoms with Crippen LogP contribution in [-0.2, 0) is 20.9 Å². The molecule has 2 aromatic carbocycles. The first kappa shape index (κ1) is 20.0. The molecule has 0 amide bonds. The van der Waals surface area contributed by atoms with Crippen molar-refractivity contribution in [3.05, 3.63) is 64.1 Å². The highest BCUT2D eigenvalue weighted by Crippen LogP contribution is 2.23. The Hall–Kier alpha value is -2.34. The van der Waals surface area contributed by atoms with Crippen LogP contribution in [0.2, 0.25) is 0 Å². The summed E-state index contributed by atoms with van der Waals surface area (Å²) in [5.41, 5.74) is 0.649. The van der Waals surface area contributed by atoms with E-state index in [9.17, 15) is 9.59 Å². The Bertz CT molecular complexity index is 766. The highest BCUT2D eigenvalue weighted by molar-refractivity contribution is 9.10. The molecule has 2 rings (SSSR count). The van der Waals surface area contributed by atoms with Crippen LogP contribution in [-0.4, -0.2) is 24.1 Å². The predicted octanol–water partition coefficient (Wildman–Crippen LogP) is 4.53. The molecule has 0 spiro atoms. The van der Waals surface area contributed by atoms with E-state index in [0.717, 1.165) is 5.56 Å². The lowest BCUT2D eigenvalue weighted by Gasteiger charge is -2.19. The van der Waals surface area contributed by atoms with Gasteiger partial charge >= 0.3 is 11.9 Å². The second kappa shape index (κ2) is 8.85. The Morgan fingerprint density at radius 1 is 1.04 bits per heavy atom. The third kappa shape index (κ3) is 6.88. The van der Waals surface area contributed by atoms with Crippen molar-refractivity contribution in [2.45, 2.75) is 33.0 Å². The summed E-state index contributed by atoms with van der Waals surface area (Å²) >= 11 is 3.33. The van der Waals surface area contributed by atoms with Gasteiger partial charge in [-0.2, -0.15) is 0 Å². The molecule has 0 atom stereocenters. The van der Waals surface area contributed by atoms with Gasteiger partial charge in [-0.05, 0) is 44.5 Å². The van der Waals surface area contributed by atoms with Crippen LogP contribution < -0.4 is 4.74 Å². The summed E-state index contributed by atoms with van der Waals surface area (Å²) < 4.78 is 16.6. The predicted molar refractivity (Wildman–Crippen MR) is 101 cm³/mol. The Morgan fingerprint density at radius 3 is 2.38 bits per heavy atom. The van der Waals surface area contributed by atoms with Gasteiger partial charge in [-0.15, -0.1) is 0 Å². The van der Waals surface area contributed by atoms with Crippen LogP contribution >= 0.6 is 15.9 Å². The van der Waals surface area contributed by atoms with Crippen molar-refractivity contribution in [2.75, 3.05) is 6.61 Å². The SMILES string of the molecule is CC(C)(C)OC(=O)COc1cc(Br)cc(C(=O)OCc2ccccc2)c1. The standard InChI is InChI=1S/C20H21BrO5/c1-20(2,3)26-18(22)13-24-17-10-15(9-16(21)11-17)19(23)25-12-14-7-5-4-6-8-14/h4-11H,12-13H2,1-3H3. The Kier molecular flexibility index (Phi) is 6.80. The number of benzene rings is 2. The number of rotatable bonds is 6. The number of hydrogen-bond acceptors (Lipinski definition) is 5. The molecule has 0 aromatic heterocycles. The molecule has 0 unspecified atom stereocenters. The zero-order valence-corrected chi connectivity index (χ0v) is 16.5. The molecule has 5 nitrogen and oxygen atoms in total. The van der Waals surface area contributed by atoms with Gasteiger partial charge in [0.25, 0.3) is 0 Å². The fourth-order valence-corrected chi connectivity index (χ4v) is 2.56. The Morgan fingerprint density at radius 2 is 1.73 bits per heavy atom. The van der Waals surface area contributed by atoms with Crippen LogP contribution in [0.15, 0.2) is 53.0 Å². The third-order valence-electron chi connectivity index (χ3n) is 3.10. The van der Waals surface area contributed by atoms with E-state index >= 15 is 0 Å². The number of carbonyl (C=O) groups excluding carboxylic acids is 2. The van der Waals surface area contributed by atoms with E-state index in [0.29, 0.717) is 15.8 Å². The number of ether oxygens (including phenoxy) is 3. The fourth-order valence-electron chi connectivity index (χ4n) is 2.08. The van der Waals surface area contributed by atoms with Gasteiger partial charge in [0.1, 0.15) is 18.0 Å². The molecule has 0 fully saturated rings. The van der Waals surface area contributed by atoms with Crippen molar-refractivity contribution in [1.82, 2.24) is 0 Å². The molecule has 0 radical (unpaired) electrons. The zero-order chi connectivity index (χ0) is 19.2. The molecule has 26 heavy (non-hydrogen) atoms. The lowest BCUT2D eigenvalue weighted by atomic mass is 10.2. The van der Waals surface area contributed by atoms with E-state index in [1.54, 1.807) is 32.9 Å². The van der Waals surface area contributed by atoms with Gasteiger partial charge in [0, 0.05) is 4.47 Å². The van der Waals surface area contributed by atoms with Crippen LogP contribution in [0, 0.1) is 0 Å². The van der Waals surface area contributed by atoms with E-state index < -0.39 is 17.5 Å². The summed E-state index contributed by atoms with van der Waals surface area (Å²) in [6.07, 6.45) is 0. The lowest BCUT2D eigenvalue weighted by molar-refractivity contribution is -0.157. The summed E-state index contributed by atoms with van der Waals surface area (Å²) in [6, 6.07) is 14.2. The topological polar surface area (TPSA) is 61.8 Å². The third-order valence-corrected chi connectivity index (χ3v) is 3.55. The van der Waals surface area contributed by atoms with Gasteiger partial charge in [-0.3, -0.25) is 0 Å². The molecule has 0 aliphatic carbocycles. The second-order valence-corrected chi connectivity index (χ2v) is 7.53. The maximum absolute atomic E-state index is 12.3. The molecular weight excluding hydrogens is 400 g/mol. The number of esters is 2. The zero-order valence-electron chi connectivity index (χ0n) is 15.0. The molecule has 2 aromatic rings. The van der Waals surface area contributed by atoms with Gasteiger partial charge in [0.05, 0.1) is 5.56 Å². The van der Waals surface area contributed by atoms with Crippen LogP contribution in [0.1, 0.15) is 36.7 Å². The molecule has 6 heteroatoms. The molecule has 0 bridgehead atoms. The highest BCUT2D eigenvalue weighted by Gasteiger charge is 2.17. The summed E-state index contributed by atoms with van der Waals surface area (Å²) in [7, 11) is 0. The molecule has 0 saturated carbocycles. The van der Waals surface area contributed by atoms with E-state index in [4.69, 9.17) is 14.2 Å². The van der Waals surface area contributed by atoms with E-state index in [2.05, 4.69) is 15.9 Å². The van der Waals surface area contributed by atoms with Gasteiger partial charge in [-0.1, -0.05) is 46.3 Å². The van der Waals surface area contributed by atoms with Crippen LogP contribution in [0.5, 0.6) is 5.75 Å². The quantitative estimate of drug-likeness (QED) is 0.642. The van der Waals surface area contributed by atoms with Crippen molar-refractivity contribution in [3.8, 4) is 5.75 Å². The molecule has 0 aliphatic rings. The maximum Gasteiger partial charge on any atom is 0.344 e. The first-order chi connectivity index (χ1) is 12.2. The summed E-state index contributed by atoms with van der Waals surface area (Å²) in [4.78, 5) is 24.0. The largest absolute Gasteiger partial charge is 0.482 e. The molecule has 138 valence electrons. The number of hydrogen-bond donors (Lipinski definition) is 0. The summed E-state index contributed by atoms with van der Waals surface area (Å²) in [5, 5.41) is 0. The first-order valence-electron chi connectivity index (χ1n) is 8.09. The van der Waals surface area contributed by atoms with Crippen molar-refractivity contribution in [1.29, 1.82) is 0 Å². The Labute approximate surface area is 161 Å². The van der Waals surface area contributed by atoms with E-state index in [-0.39, 0.29) is 13.2 Å². The van der Waals surface area contributed by atoms with Crippen LogP contribution in [0.25, 0.3) is 0 Å². The molecule has 0 N–H and O–H groups in total. The van der Waals surface area contributed by atoms with Crippen LogP contribution in [0.4, 0.5) is 0 Å². The minimum Gasteiger partial charge on any atom is -0.482 e. The normalized spacial score (nSPS) is 10.9. The van der Waals surface area contributed by atoms with Gasteiger partial charge in [0.15, 0.2) is 6.61 Å². The summed E-state index contributed by atoms with van der Waals surface area (Å²) in [6.45, 7) is 5.28. The van der Waals surface area contributed by atoms with Crippen molar-refractivity contribution in [2.24, 2.45) is 0 Å². The van der Waals surface area contributed by atoms with E-state index in [1.807, 2.05) is 30.3 Å². The molecule has 0 aliphatic heterocycles. The molecular formula is C20H21BrO5. The average molecular weight is 421 g/mol. The van der Waals surface area contributed by atoms with Gasteiger partial charge in [-0.25, -0.2) is 9.59 Å². The fraction of sp³-hybridized carbons (Fsp3) is 0.300. The molecule has 0 saturated heterocycles. The van der Waals surface area contributed by atoms with Crippen molar-refractivity contribution >= 4 is 27.9 Å².